The summed E-state index contributed by atoms with van der Waals surface area (Å²) in [4.78, 5) is 15.7. The molecule has 1 unspecified atom stereocenters. The Balaban J connectivity index is 2.83. The molecule has 0 amide bonds. The molecule has 0 bridgehead atoms. The first kappa shape index (κ1) is 16.5. The maximum Gasteiger partial charge on any atom is 0.339 e. The van der Waals surface area contributed by atoms with Crippen LogP contribution in [0.1, 0.15) is 61.1 Å². The average Bonchev–Trinajstić information content (AvgIpc) is 2.37. The van der Waals surface area contributed by atoms with E-state index >= 15 is 0 Å². The molecule has 1 rings (SSSR count). The summed E-state index contributed by atoms with van der Waals surface area (Å²) >= 11 is 0. The second-order valence-corrected chi connectivity index (χ2v) is 5.41. The van der Waals surface area contributed by atoms with Crippen LogP contribution in [0.3, 0.4) is 0 Å². The van der Waals surface area contributed by atoms with Gasteiger partial charge in [-0.1, -0.05) is 33.1 Å². The summed E-state index contributed by atoms with van der Waals surface area (Å²) in [5.74, 6) is 0.156. The number of nitrogens with one attached hydrogen (secondary N) is 1. The molecule has 0 saturated heterocycles. The Morgan fingerprint density at radius 2 is 2.10 bits per heavy atom. The number of carboxylic acids is 1. The van der Waals surface area contributed by atoms with Gasteiger partial charge in [0.25, 0.3) is 0 Å². The molecule has 0 fully saturated rings. The first-order valence-corrected chi connectivity index (χ1v) is 7.44. The lowest BCUT2D eigenvalue weighted by Gasteiger charge is -2.17. The standard InChI is InChI=1S/C16H26N2O2/c1-5-7-8-13(6-2)10-17-15-14(16(19)20)11(3)9-12(4)18-15/h9,13H,5-8,10H2,1-4H3,(H,17,18)(H,19,20). The van der Waals surface area contributed by atoms with Gasteiger partial charge in [0, 0.05) is 12.2 Å². The van der Waals surface area contributed by atoms with Gasteiger partial charge in [-0.25, -0.2) is 9.78 Å². The van der Waals surface area contributed by atoms with Crippen molar-refractivity contribution in [3.8, 4) is 0 Å². The molecule has 0 aliphatic carbocycles. The number of aromatic carboxylic acids is 1. The van der Waals surface area contributed by atoms with Gasteiger partial charge in [0.2, 0.25) is 0 Å². The highest BCUT2D eigenvalue weighted by Crippen LogP contribution is 2.20. The Morgan fingerprint density at radius 3 is 2.65 bits per heavy atom. The summed E-state index contributed by atoms with van der Waals surface area (Å²) < 4.78 is 0. The second-order valence-electron chi connectivity index (χ2n) is 5.41. The number of aromatic nitrogens is 1. The SMILES string of the molecule is CCCCC(CC)CNc1nc(C)cc(C)c1C(=O)O. The lowest BCUT2D eigenvalue weighted by atomic mass is 9.99. The van der Waals surface area contributed by atoms with Crippen LogP contribution >= 0.6 is 0 Å². The zero-order valence-electron chi connectivity index (χ0n) is 13.0. The highest BCUT2D eigenvalue weighted by molar-refractivity contribution is 5.94. The van der Waals surface area contributed by atoms with Crippen molar-refractivity contribution in [1.29, 1.82) is 0 Å². The molecule has 4 heteroatoms. The number of carboxylic acid groups (broad SMARTS) is 1. The van der Waals surface area contributed by atoms with Gasteiger partial charge >= 0.3 is 5.97 Å². The second kappa shape index (κ2) is 7.88. The number of hydrogen-bond donors (Lipinski definition) is 2. The van der Waals surface area contributed by atoms with E-state index in [1.807, 2.05) is 19.9 Å². The minimum atomic E-state index is -0.917. The van der Waals surface area contributed by atoms with E-state index in [4.69, 9.17) is 0 Å². The first-order valence-electron chi connectivity index (χ1n) is 7.44. The molecular formula is C16H26N2O2. The van der Waals surface area contributed by atoms with Crippen molar-refractivity contribution in [3.05, 3.63) is 22.9 Å². The highest BCUT2D eigenvalue weighted by Gasteiger charge is 2.16. The van der Waals surface area contributed by atoms with Crippen LogP contribution in [0.5, 0.6) is 0 Å². The summed E-state index contributed by atoms with van der Waals surface area (Å²) in [6.45, 7) is 8.85. The van der Waals surface area contributed by atoms with Crippen LogP contribution in [0.25, 0.3) is 0 Å². The number of aryl methyl sites for hydroxylation is 2. The number of hydrogen-bond acceptors (Lipinski definition) is 3. The van der Waals surface area contributed by atoms with Crippen molar-refractivity contribution in [2.75, 3.05) is 11.9 Å². The molecule has 0 spiro atoms. The number of anilines is 1. The first-order chi connectivity index (χ1) is 9.49. The minimum absolute atomic E-state index is 0.293. The van der Waals surface area contributed by atoms with Gasteiger partial charge in [-0.3, -0.25) is 0 Å². The van der Waals surface area contributed by atoms with Gasteiger partial charge in [0.05, 0.1) is 0 Å². The fourth-order valence-corrected chi connectivity index (χ4v) is 2.42. The van der Waals surface area contributed by atoms with Crippen molar-refractivity contribution in [3.63, 3.8) is 0 Å². The molecule has 20 heavy (non-hydrogen) atoms. The summed E-state index contributed by atoms with van der Waals surface area (Å²) in [6.07, 6.45) is 4.68. The van der Waals surface area contributed by atoms with Gasteiger partial charge in [-0.2, -0.15) is 0 Å². The third-order valence-electron chi connectivity index (χ3n) is 3.66. The lowest BCUT2D eigenvalue weighted by Crippen LogP contribution is -2.17. The fraction of sp³-hybridized carbons (Fsp3) is 0.625. The van der Waals surface area contributed by atoms with Crippen molar-refractivity contribution >= 4 is 11.8 Å². The van der Waals surface area contributed by atoms with Crippen LogP contribution in [-0.2, 0) is 0 Å². The third kappa shape index (κ3) is 4.51. The molecule has 1 aromatic heterocycles. The van der Waals surface area contributed by atoms with Gasteiger partial charge in [0.15, 0.2) is 0 Å². The molecule has 2 N–H and O–H groups in total. The van der Waals surface area contributed by atoms with E-state index in [-0.39, 0.29) is 0 Å². The van der Waals surface area contributed by atoms with E-state index in [1.54, 1.807) is 0 Å². The van der Waals surface area contributed by atoms with Crippen molar-refractivity contribution in [2.24, 2.45) is 5.92 Å². The summed E-state index contributed by atoms with van der Waals surface area (Å²) in [6, 6.07) is 1.81. The fourth-order valence-electron chi connectivity index (χ4n) is 2.42. The highest BCUT2D eigenvalue weighted by atomic mass is 16.4. The van der Waals surface area contributed by atoms with Crippen LogP contribution in [-0.4, -0.2) is 22.6 Å². The van der Waals surface area contributed by atoms with Gasteiger partial charge in [-0.15, -0.1) is 0 Å². The molecule has 112 valence electrons. The number of carbonyl (C=O) groups is 1. The van der Waals surface area contributed by atoms with Gasteiger partial charge in [0.1, 0.15) is 11.4 Å². The number of nitrogens with zero attached hydrogens (tertiary/aromatic N) is 1. The van der Waals surface area contributed by atoms with E-state index in [2.05, 4.69) is 24.1 Å². The van der Waals surface area contributed by atoms with Gasteiger partial charge in [-0.05, 0) is 37.8 Å². The number of unbranched alkanes of at least 4 members (excludes halogenated alkanes) is 1. The number of pyridine rings is 1. The Morgan fingerprint density at radius 1 is 1.40 bits per heavy atom. The van der Waals surface area contributed by atoms with Crippen molar-refractivity contribution in [1.82, 2.24) is 4.98 Å². The maximum absolute atomic E-state index is 11.4. The molecule has 0 aliphatic heterocycles. The quantitative estimate of drug-likeness (QED) is 0.753. The van der Waals surface area contributed by atoms with E-state index in [1.165, 1.54) is 19.3 Å². The third-order valence-corrected chi connectivity index (χ3v) is 3.66. The summed E-state index contributed by atoms with van der Waals surface area (Å²) in [5, 5.41) is 12.6. The Labute approximate surface area is 121 Å². The predicted octanol–water partition coefficient (Wildman–Crippen LogP) is 4.02. The molecule has 1 aromatic rings. The zero-order valence-corrected chi connectivity index (χ0v) is 13.0. The van der Waals surface area contributed by atoms with E-state index in [0.29, 0.717) is 17.3 Å². The van der Waals surface area contributed by atoms with Crippen LogP contribution < -0.4 is 5.32 Å². The Hall–Kier alpha value is -1.58. The summed E-state index contributed by atoms with van der Waals surface area (Å²) in [5.41, 5.74) is 1.90. The lowest BCUT2D eigenvalue weighted by molar-refractivity contribution is 0.0696. The maximum atomic E-state index is 11.4. The molecule has 1 heterocycles. The largest absolute Gasteiger partial charge is 0.478 e. The molecular weight excluding hydrogens is 252 g/mol. The number of rotatable bonds is 8. The summed E-state index contributed by atoms with van der Waals surface area (Å²) in [7, 11) is 0. The minimum Gasteiger partial charge on any atom is -0.478 e. The zero-order chi connectivity index (χ0) is 15.1. The van der Waals surface area contributed by atoms with Crippen LogP contribution in [0, 0.1) is 19.8 Å². The Kier molecular flexibility index (Phi) is 6.49. The van der Waals surface area contributed by atoms with Crippen molar-refractivity contribution in [2.45, 2.75) is 53.4 Å². The van der Waals surface area contributed by atoms with Crippen molar-refractivity contribution < 1.29 is 9.90 Å². The van der Waals surface area contributed by atoms with Crippen LogP contribution in [0.15, 0.2) is 6.07 Å². The monoisotopic (exact) mass is 278 g/mol. The molecule has 0 aliphatic rings. The molecule has 0 saturated carbocycles. The predicted molar refractivity (Wildman–Crippen MR) is 82.5 cm³/mol. The molecule has 1 atom stereocenters. The van der Waals surface area contributed by atoms with Crippen LogP contribution in [0.2, 0.25) is 0 Å². The van der Waals surface area contributed by atoms with Gasteiger partial charge < -0.3 is 10.4 Å². The molecule has 4 nitrogen and oxygen atoms in total. The van der Waals surface area contributed by atoms with E-state index in [0.717, 1.165) is 24.2 Å². The molecule has 0 aromatic carbocycles. The van der Waals surface area contributed by atoms with E-state index in [9.17, 15) is 9.90 Å². The smallest absolute Gasteiger partial charge is 0.339 e. The van der Waals surface area contributed by atoms with E-state index < -0.39 is 5.97 Å². The van der Waals surface area contributed by atoms with Crippen LogP contribution in [0.4, 0.5) is 5.82 Å². The molecule has 0 radical (unpaired) electrons. The normalized spacial score (nSPS) is 12.2. The topological polar surface area (TPSA) is 62.2 Å². The average molecular weight is 278 g/mol. The Bertz CT molecular complexity index is 458.